The van der Waals surface area contributed by atoms with E-state index in [4.69, 9.17) is 23.2 Å². The Balaban J connectivity index is 2.08. The average molecular weight is 449 g/mol. The maximum Gasteiger partial charge on any atom is 0.183 e. The molecule has 0 radical (unpaired) electrons. The summed E-state index contributed by atoms with van der Waals surface area (Å²) in [5, 5.41) is 10.5. The van der Waals surface area contributed by atoms with Crippen LogP contribution in [0.1, 0.15) is 33.4 Å². The maximum absolute atomic E-state index is 13.4. The monoisotopic (exact) mass is 448 g/mol. The van der Waals surface area contributed by atoms with Crippen LogP contribution in [0.15, 0.2) is 53.4 Å². The van der Waals surface area contributed by atoms with Gasteiger partial charge in [0.15, 0.2) is 9.84 Å². The summed E-state index contributed by atoms with van der Waals surface area (Å²) in [6, 6.07) is 14.6. The molecule has 6 heteroatoms. The zero-order chi connectivity index (χ0) is 21.3. The number of hydrogen-bond acceptors (Lipinski definition) is 3. The van der Waals surface area contributed by atoms with E-state index >= 15 is 0 Å². The lowest BCUT2D eigenvalue weighted by Gasteiger charge is -2.16. The van der Waals surface area contributed by atoms with E-state index in [0.717, 1.165) is 22.3 Å². The highest BCUT2D eigenvalue weighted by Gasteiger charge is 2.24. The fourth-order valence-corrected chi connectivity index (χ4v) is 5.94. The molecule has 3 nitrogen and oxygen atoms in total. The second-order valence-corrected chi connectivity index (χ2v) is 10.2. The molecular weight excluding hydrogens is 427 g/mol. The van der Waals surface area contributed by atoms with Crippen molar-refractivity contribution in [1.29, 1.82) is 0 Å². The number of hydrogen-bond donors (Lipinski definition) is 1. The highest BCUT2D eigenvalue weighted by molar-refractivity contribution is 7.90. The van der Waals surface area contributed by atoms with Crippen molar-refractivity contribution in [3.63, 3.8) is 0 Å². The molecule has 0 fully saturated rings. The molecule has 3 aromatic carbocycles. The number of rotatable bonds is 5. The number of sulfone groups is 1. The van der Waals surface area contributed by atoms with Crippen LogP contribution in [0.25, 0.3) is 0 Å². The third-order valence-electron chi connectivity index (χ3n) is 4.77. The van der Waals surface area contributed by atoms with E-state index in [0.29, 0.717) is 16.9 Å². The van der Waals surface area contributed by atoms with Gasteiger partial charge >= 0.3 is 0 Å². The fraction of sp³-hybridized carbons (Fsp3) is 0.217. The average Bonchev–Trinajstić information content (AvgIpc) is 2.60. The molecule has 0 saturated carbocycles. The summed E-state index contributed by atoms with van der Waals surface area (Å²) in [6.07, 6.45) is 0.500. The topological polar surface area (TPSA) is 54.4 Å². The number of phenols is 1. The van der Waals surface area contributed by atoms with Crippen molar-refractivity contribution in [3.05, 3.63) is 92.0 Å². The zero-order valence-corrected chi connectivity index (χ0v) is 18.8. The predicted molar refractivity (Wildman–Crippen MR) is 119 cm³/mol. The van der Waals surface area contributed by atoms with Crippen LogP contribution in [-0.4, -0.2) is 13.5 Å². The van der Waals surface area contributed by atoms with Crippen LogP contribution in [0.4, 0.5) is 0 Å². The third-order valence-corrected chi connectivity index (χ3v) is 7.18. The second-order valence-electron chi connectivity index (χ2n) is 7.39. The normalized spacial score (nSPS) is 11.6. The van der Waals surface area contributed by atoms with Crippen molar-refractivity contribution in [1.82, 2.24) is 0 Å². The predicted octanol–water partition coefficient (Wildman–Crippen LogP) is 6.19. The van der Waals surface area contributed by atoms with Gasteiger partial charge in [0.1, 0.15) is 5.75 Å². The highest BCUT2D eigenvalue weighted by Crippen LogP contribution is 2.35. The Morgan fingerprint density at radius 1 is 0.862 bits per heavy atom. The van der Waals surface area contributed by atoms with Crippen LogP contribution >= 0.6 is 23.2 Å². The van der Waals surface area contributed by atoms with Gasteiger partial charge in [-0.1, -0.05) is 70.7 Å². The molecule has 152 valence electrons. The second kappa shape index (κ2) is 8.39. The summed E-state index contributed by atoms with van der Waals surface area (Å²) in [4.78, 5) is 0.291. The third kappa shape index (κ3) is 4.95. The summed E-state index contributed by atoms with van der Waals surface area (Å²) in [5.41, 5.74) is 4.78. The number of halogens is 2. The molecule has 3 rings (SSSR count). The minimum absolute atomic E-state index is 0.0307. The largest absolute Gasteiger partial charge is 0.506 e. The van der Waals surface area contributed by atoms with Gasteiger partial charge in [-0.05, 0) is 56.0 Å². The molecule has 3 aromatic rings. The first-order valence-corrected chi connectivity index (χ1v) is 11.5. The molecule has 0 amide bonds. The molecule has 29 heavy (non-hydrogen) atoms. The Labute approximate surface area is 181 Å². The quantitative estimate of drug-likeness (QED) is 0.506. The summed E-state index contributed by atoms with van der Waals surface area (Å²) in [7, 11) is -3.75. The van der Waals surface area contributed by atoms with Crippen molar-refractivity contribution in [2.75, 3.05) is 0 Å². The van der Waals surface area contributed by atoms with Gasteiger partial charge in [0.25, 0.3) is 0 Å². The standard InChI is InChI=1S/C23H22Cl2O3S/c1-14-4-6-17(7-5-14)10-18-9-15(2)8-16(3)23(18)29(27,28)13-19-11-20(24)12-21(25)22(19)26/h4-9,11-12,26H,10,13H2,1-3H3. The van der Waals surface area contributed by atoms with Gasteiger partial charge in [-0.25, -0.2) is 8.42 Å². The minimum atomic E-state index is -3.75. The highest BCUT2D eigenvalue weighted by atomic mass is 35.5. The maximum atomic E-state index is 13.4. The van der Waals surface area contributed by atoms with Gasteiger partial charge in [-0.3, -0.25) is 0 Å². The van der Waals surface area contributed by atoms with Crippen molar-refractivity contribution in [3.8, 4) is 5.75 Å². The molecule has 0 bridgehead atoms. The summed E-state index contributed by atoms with van der Waals surface area (Å²) in [6.45, 7) is 5.76. The number of phenolic OH excluding ortho intramolecular Hbond substituents is 1. The molecule has 0 aliphatic heterocycles. The van der Waals surface area contributed by atoms with Gasteiger partial charge in [0.05, 0.1) is 15.7 Å². The molecular formula is C23H22Cl2O3S. The lowest BCUT2D eigenvalue weighted by atomic mass is 10.00. The summed E-state index contributed by atoms with van der Waals surface area (Å²) in [5.74, 6) is -0.645. The smallest absolute Gasteiger partial charge is 0.183 e. The van der Waals surface area contributed by atoms with Crippen LogP contribution in [0, 0.1) is 20.8 Å². The Hall–Kier alpha value is -2.01. The van der Waals surface area contributed by atoms with E-state index in [-0.39, 0.29) is 27.1 Å². The van der Waals surface area contributed by atoms with Crippen LogP contribution in [0.5, 0.6) is 5.75 Å². The number of aryl methyl sites for hydroxylation is 3. The molecule has 0 atom stereocenters. The van der Waals surface area contributed by atoms with Crippen molar-refractivity contribution >= 4 is 33.0 Å². The van der Waals surface area contributed by atoms with Gasteiger partial charge in [0, 0.05) is 10.6 Å². The van der Waals surface area contributed by atoms with Gasteiger partial charge < -0.3 is 5.11 Å². The Bertz CT molecular complexity index is 1170. The van der Waals surface area contributed by atoms with Crippen LogP contribution in [0.2, 0.25) is 10.0 Å². The molecule has 0 aromatic heterocycles. The van der Waals surface area contributed by atoms with Crippen LogP contribution in [0.3, 0.4) is 0 Å². The van der Waals surface area contributed by atoms with Crippen molar-refractivity contribution in [2.24, 2.45) is 0 Å². The summed E-state index contributed by atoms with van der Waals surface area (Å²) < 4.78 is 26.8. The first-order valence-electron chi connectivity index (χ1n) is 9.12. The van der Waals surface area contributed by atoms with E-state index < -0.39 is 9.84 Å². The van der Waals surface area contributed by atoms with Crippen LogP contribution < -0.4 is 0 Å². The molecule has 0 unspecified atom stereocenters. The molecule has 0 heterocycles. The van der Waals surface area contributed by atoms with E-state index in [1.165, 1.54) is 12.1 Å². The van der Waals surface area contributed by atoms with Crippen molar-refractivity contribution < 1.29 is 13.5 Å². The number of aromatic hydroxyl groups is 1. The number of benzene rings is 3. The van der Waals surface area contributed by atoms with E-state index in [1.807, 2.05) is 50.2 Å². The Kier molecular flexibility index (Phi) is 6.27. The molecule has 0 saturated heterocycles. The molecule has 0 spiro atoms. The first kappa shape index (κ1) is 21.7. The molecule has 1 N–H and O–H groups in total. The first-order chi connectivity index (χ1) is 13.6. The summed E-state index contributed by atoms with van der Waals surface area (Å²) >= 11 is 12.0. The lowest BCUT2D eigenvalue weighted by Crippen LogP contribution is -2.11. The van der Waals surface area contributed by atoms with Gasteiger partial charge in [-0.15, -0.1) is 0 Å². The van der Waals surface area contributed by atoms with Crippen LogP contribution in [-0.2, 0) is 22.0 Å². The molecule has 0 aliphatic carbocycles. The lowest BCUT2D eigenvalue weighted by molar-refractivity contribution is 0.470. The van der Waals surface area contributed by atoms with E-state index in [2.05, 4.69) is 0 Å². The fourth-order valence-electron chi connectivity index (χ4n) is 3.55. The Morgan fingerprint density at radius 2 is 1.52 bits per heavy atom. The van der Waals surface area contributed by atoms with Gasteiger partial charge in [0.2, 0.25) is 0 Å². The SMILES string of the molecule is Cc1ccc(Cc2cc(C)cc(C)c2S(=O)(=O)Cc2cc(Cl)cc(Cl)c2O)cc1. The Morgan fingerprint density at radius 3 is 2.17 bits per heavy atom. The minimum Gasteiger partial charge on any atom is -0.506 e. The van der Waals surface area contributed by atoms with E-state index in [1.54, 1.807) is 6.92 Å². The van der Waals surface area contributed by atoms with Gasteiger partial charge in [-0.2, -0.15) is 0 Å². The molecule has 0 aliphatic rings. The van der Waals surface area contributed by atoms with E-state index in [9.17, 15) is 13.5 Å². The van der Waals surface area contributed by atoms with Crippen molar-refractivity contribution in [2.45, 2.75) is 37.8 Å². The zero-order valence-electron chi connectivity index (χ0n) is 16.5.